The van der Waals surface area contributed by atoms with Crippen molar-refractivity contribution in [1.82, 2.24) is 4.98 Å². The summed E-state index contributed by atoms with van der Waals surface area (Å²) in [4.78, 5) is 4.24. The third kappa shape index (κ3) is 3.20. The van der Waals surface area contributed by atoms with E-state index in [-0.39, 0.29) is 12.4 Å². The van der Waals surface area contributed by atoms with Crippen LogP contribution in [0.3, 0.4) is 0 Å². The number of hydrogen-bond acceptors (Lipinski definition) is 4. The number of nitrogens with zero attached hydrogens (tertiary/aromatic N) is 1. The minimum Gasteiger partial charge on any atom is -0.489 e. The van der Waals surface area contributed by atoms with Crippen LogP contribution >= 0.6 is 11.3 Å². The van der Waals surface area contributed by atoms with Gasteiger partial charge in [-0.05, 0) is 18.2 Å². The molecule has 2 N–H and O–H groups in total. The van der Waals surface area contributed by atoms with Crippen molar-refractivity contribution < 1.29 is 9.13 Å². The highest BCUT2D eigenvalue weighted by Crippen LogP contribution is 2.26. The summed E-state index contributed by atoms with van der Waals surface area (Å²) < 4.78 is 19.2. The van der Waals surface area contributed by atoms with Crippen LogP contribution in [0.2, 0.25) is 0 Å². The van der Waals surface area contributed by atoms with Gasteiger partial charge in [0.05, 0.1) is 5.69 Å². The molecule has 5 heteroatoms. The number of benzene rings is 2. The molecule has 3 nitrogen and oxygen atoms in total. The second-order valence-electron chi connectivity index (χ2n) is 4.48. The van der Waals surface area contributed by atoms with Crippen molar-refractivity contribution in [3.63, 3.8) is 0 Å². The maximum atomic E-state index is 13.5. The van der Waals surface area contributed by atoms with Gasteiger partial charge in [-0.2, -0.15) is 0 Å². The van der Waals surface area contributed by atoms with E-state index >= 15 is 0 Å². The van der Waals surface area contributed by atoms with E-state index in [0.29, 0.717) is 16.4 Å². The predicted octanol–water partition coefficient (Wildman–Crippen LogP) is 4.11. The molecule has 21 heavy (non-hydrogen) atoms. The first-order chi connectivity index (χ1) is 10.2. The zero-order valence-corrected chi connectivity index (χ0v) is 11.9. The lowest BCUT2D eigenvalue weighted by Gasteiger charge is -2.08. The number of thiazole rings is 1. The Kier molecular flexibility index (Phi) is 3.83. The Morgan fingerprint density at radius 3 is 2.76 bits per heavy atom. The highest BCUT2D eigenvalue weighted by Gasteiger charge is 2.05. The number of anilines is 1. The van der Waals surface area contributed by atoms with Crippen LogP contribution in [0.5, 0.6) is 5.75 Å². The van der Waals surface area contributed by atoms with Gasteiger partial charge >= 0.3 is 0 Å². The monoisotopic (exact) mass is 300 g/mol. The third-order valence-corrected chi connectivity index (χ3v) is 3.68. The summed E-state index contributed by atoms with van der Waals surface area (Å²) in [5.41, 5.74) is 7.91. The molecule has 0 spiro atoms. The van der Waals surface area contributed by atoms with Crippen molar-refractivity contribution in [2.24, 2.45) is 0 Å². The molecule has 0 amide bonds. The van der Waals surface area contributed by atoms with E-state index in [4.69, 9.17) is 10.5 Å². The molecular weight excluding hydrogens is 287 g/mol. The molecule has 1 aromatic heterocycles. The van der Waals surface area contributed by atoms with Gasteiger partial charge in [-0.25, -0.2) is 9.37 Å². The van der Waals surface area contributed by atoms with Crippen molar-refractivity contribution in [3.8, 4) is 17.0 Å². The first-order valence-electron chi connectivity index (χ1n) is 6.40. The number of nitrogen functional groups attached to an aromatic ring is 1. The molecule has 0 bridgehead atoms. The largest absolute Gasteiger partial charge is 0.489 e. The van der Waals surface area contributed by atoms with Crippen LogP contribution in [-0.2, 0) is 6.61 Å². The van der Waals surface area contributed by atoms with Crippen molar-refractivity contribution in [2.75, 3.05) is 5.73 Å². The Labute approximate surface area is 125 Å². The highest BCUT2D eigenvalue weighted by atomic mass is 32.1. The maximum absolute atomic E-state index is 13.5. The molecule has 1 heterocycles. The first kappa shape index (κ1) is 13.6. The number of ether oxygens (including phenoxy) is 1. The predicted molar refractivity (Wildman–Crippen MR) is 82.7 cm³/mol. The fourth-order valence-corrected chi connectivity index (χ4v) is 2.51. The smallest absolute Gasteiger partial charge is 0.180 e. The average molecular weight is 300 g/mol. The molecule has 0 atom stereocenters. The molecule has 2 aromatic carbocycles. The minimum absolute atomic E-state index is 0.190. The van der Waals surface area contributed by atoms with Crippen LogP contribution in [0, 0.1) is 5.82 Å². The van der Waals surface area contributed by atoms with Crippen LogP contribution in [0.25, 0.3) is 11.3 Å². The summed E-state index contributed by atoms with van der Waals surface area (Å²) in [5, 5.41) is 2.42. The second kappa shape index (κ2) is 5.93. The van der Waals surface area contributed by atoms with Gasteiger partial charge in [0.2, 0.25) is 0 Å². The standard InChI is InChI=1S/C16H13FN2OS/c17-14-7-2-1-4-12(14)9-20-13-6-3-5-11(8-13)15-10-21-16(18)19-15/h1-8,10H,9H2,(H2,18,19). The Balaban J connectivity index is 1.76. The summed E-state index contributed by atoms with van der Waals surface area (Å²) >= 11 is 1.39. The van der Waals surface area contributed by atoms with Gasteiger partial charge in [0, 0.05) is 16.5 Å². The van der Waals surface area contributed by atoms with E-state index in [1.54, 1.807) is 18.2 Å². The number of aromatic nitrogens is 1. The molecule has 0 aliphatic carbocycles. The number of halogens is 1. The Bertz CT molecular complexity index is 757. The van der Waals surface area contributed by atoms with Crippen LogP contribution in [-0.4, -0.2) is 4.98 Å². The van der Waals surface area contributed by atoms with Gasteiger partial charge in [-0.1, -0.05) is 30.3 Å². The van der Waals surface area contributed by atoms with E-state index in [2.05, 4.69) is 4.98 Å². The Morgan fingerprint density at radius 2 is 2.00 bits per heavy atom. The van der Waals surface area contributed by atoms with Gasteiger partial charge in [-0.3, -0.25) is 0 Å². The van der Waals surface area contributed by atoms with E-state index in [1.165, 1.54) is 17.4 Å². The lowest BCUT2D eigenvalue weighted by molar-refractivity contribution is 0.300. The first-order valence-corrected chi connectivity index (χ1v) is 7.28. The maximum Gasteiger partial charge on any atom is 0.180 e. The molecule has 0 saturated carbocycles. The summed E-state index contributed by atoms with van der Waals surface area (Å²) in [6, 6.07) is 14.1. The molecule has 0 aliphatic rings. The van der Waals surface area contributed by atoms with Crippen molar-refractivity contribution in [1.29, 1.82) is 0 Å². The summed E-state index contributed by atoms with van der Waals surface area (Å²) in [6.45, 7) is 0.190. The summed E-state index contributed by atoms with van der Waals surface area (Å²) in [6.07, 6.45) is 0. The Morgan fingerprint density at radius 1 is 1.14 bits per heavy atom. The summed E-state index contributed by atoms with van der Waals surface area (Å²) in [5.74, 6) is 0.406. The van der Waals surface area contributed by atoms with Crippen LogP contribution < -0.4 is 10.5 Å². The zero-order chi connectivity index (χ0) is 14.7. The molecular formula is C16H13FN2OS. The number of rotatable bonds is 4. The number of hydrogen-bond donors (Lipinski definition) is 1. The minimum atomic E-state index is -0.263. The number of nitrogens with two attached hydrogens (primary N) is 1. The normalized spacial score (nSPS) is 10.5. The fourth-order valence-electron chi connectivity index (χ4n) is 1.94. The highest BCUT2D eigenvalue weighted by molar-refractivity contribution is 7.13. The third-order valence-electron chi connectivity index (χ3n) is 3.00. The Hall–Kier alpha value is -2.40. The van der Waals surface area contributed by atoms with Crippen LogP contribution in [0.4, 0.5) is 9.52 Å². The van der Waals surface area contributed by atoms with E-state index in [9.17, 15) is 4.39 Å². The van der Waals surface area contributed by atoms with Gasteiger partial charge in [0.15, 0.2) is 5.13 Å². The molecule has 0 radical (unpaired) electrons. The molecule has 106 valence electrons. The lowest BCUT2D eigenvalue weighted by Crippen LogP contribution is -1.98. The van der Waals surface area contributed by atoms with E-state index < -0.39 is 0 Å². The SMILES string of the molecule is Nc1nc(-c2cccc(OCc3ccccc3F)c2)cs1. The molecule has 3 rings (SSSR count). The topological polar surface area (TPSA) is 48.1 Å². The van der Waals surface area contributed by atoms with Crippen LogP contribution in [0.15, 0.2) is 53.9 Å². The quantitative estimate of drug-likeness (QED) is 0.788. The van der Waals surface area contributed by atoms with Crippen molar-refractivity contribution >= 4 is 16.5 Å². The average Bonchev–Trinajstić information content (AvgIpc) is 2.93. The molecule has 0 aliphatic heterocycles. The zero-order valence-electron chi connectivity index (χ0n) is 11.1. The van der Waals surface area contributed by atoms with Crippen LogP contribution in [0.1, 0.15) is 5.56 Å². The van der Waals surface area contributed by atoms with Crippen molar-refractivity contribution in [3.05, 3.63) is 65.3 Å². The molecule has 0 fully saturated rings. The molecule has 0 unspecified atom stereocenters. The second-order valence-corrected chi connectivity index (χ2v) is 5.37. The van der Waals surface area contributed by atoms with E-state index in [1.807, 2.05) is 29.6 Å². The summed E-state index contributed by atoms with van der Waals surface area (Å²) in [7, 11) is 0. The van der Waals surface area contributed by atoms with Gasteiger partial charge in [-0.15, -0.1) is 11.3 Å². The van der Waals surface area contributed by atoms with Gasteiger partial charge in [0.1, 0.15) is 18.2 Å². The molecule has 0 saturated heterocycles. The van der Waals surface area contributed by atoms with Gasteiger partial charge < -0.3 is 10.5 Å². The van der Waals surface area contributed by atoms with Gasteiger partial charge in [0.25, 0.3) is 0 Å². The lowest BCUT2D eigenvalue weighted by atomic mass is 10.1. The van der Waals surface area contributed by atoms with Crippen molar-refractivity contribution in [2.45, 2.75) is 6.61 Å². The molecule has 3 aromatic rings. The fraction of sp³-hybridized carbons (Fsp3) is 0.0625. The van der Waals surface area contributed by atoms with E-state index in [0.717, 1.165) is 11.3 Å².